The van der Waals surface area contributed by atoms with Crippen LogP contribution < -0.4 is 5.32 Å². The molecule has 0 aliphatic carbocycles. The van der Waals surface area contributed by atoms with Gasteiger partial charge in [-0.25, -0.2) is 4.39 Å². The minimum Gasteiger partial charge on any atom is -0.381 e. The summed E-state index contributed by atoms with van der Waals surface area (Å²) in [4.78, 5) is 4.19. The van der Waals surface area contributed by atoms with Crippen molar-refractivity contribution in [3.05, 3.63) is 29.8 Å². The molecule has 2 rings (SSSR count). The van der Waals surface area contributed by atoms with E-state index < -0.39 is 0 Å². The van der Waals surface area contributed by atoms with Gasteiger partial charge in [-0.1, -0.05) is 6.92 Å². The number of nitrogens with zero attached hydrogens (tertiary/aromatic N) is 1. The van der Waals surface area contributed by atoms with Crippen molar-refractivity contribution in [3.63, 3.8) is 0 Å². The highest BCUT2D eigenvalue weighted by Gasteiger charge is 2.27. The fourth-order valence-electron chi connectivity index (χ4n) is 2.38. The highest BCUT2D eigenvalue weighted by Crippen LogP contribution is 2.30. The Morgan fingerprint density at radius 1 is 1.53 bits per heavy atom. The zero-order valence-electron chi connectivity index (χ0n) is 10.2. The monoisotopic (exact) mass is 238 g/mol. The maximum Gasteiger partial charge on any atom is 0.146 e. The molecule has 1 aromatic heterocycles. The van der Waals surface area contributed by atoms with E-state index in [0.717, 1.165) is 32.6 Å². The van der Waals surface area contributed by atoms with Crippen LogP contribution in [0.25, 0.3) is 0 Å². The fourth-order valence-corrected chi connectivity index (χ4v) is 2.38. The van der Waals surface area contributed by atoms with Crippen molar-refractivity contribution in [2.24, 2.45) is 5.92 Å². The standard InChI is InChI=1S/C13H19FN2O/c1-2-15-12(10-5-8-17-9-6-10)13-11(14)4-3-7-16-13/h3-4,7,10,12,15H,2,5-6,8-9H2,1H3. The first-order chi connectivity index (χ1) is 8.33. The Morgan fingerprint density at radius 3 is 2.94 bits per heavy atom. The van der Waals surface area contributed by atoms with Gasteiger partial charge in [-0.2, -0.15) is 0 Å². The first-order valence-corrected chi connectivity index (χ1v) is 6.24. The normalized spacial score (nSPS) is 19.2. The molecule has 0 saturated carbocycles. The van der Waals surface area contributed by atoms with Gasteiger partial charge in [0, 0.05) is 19.4 Å². The summed E-state index contributed by atoms with van der Waals surface area (Å²) in [5.74, 6) is 0.193. The van der Waals surface area contributed by atoms with Gasteiger partial charge < -0.3 is 10.1 Å². The minimum atomic E-state index is -0.218. The summed E-state index contributed by atoms with van der Waals surface area (Å²) in [7, 11) is 0. The number of pyridine rings is 1. The molecule has 0 radical (unpaired) electrons. The number of hydrogen-bond acceptors (Lipinski definition) is 3. The second kappa shape index (κ2) is 6.07. The molecule has 2 heterocycles. The predicted octanol–water partition coefficient (Wildman–Crippen LogP) is 2.30. The van der Waals surface area contributed by atoms with Gasteiger partial charge >= 0.3 is 0 Å². The summed E-state index contributed by atoms with van der Waals surface area (Å²) in [5.41, 5.74) is 0.543. The van der Waals surface area contributed by atoms with Gasteiger partial charge in [-0.3, -0.25) is 4.98 Å². The van der Waals surface area contributed by atoms with E-state index in [-0.39, 0.29) is 11.9 Å². The Bertz CT molecular complexity index is 353. The lowest BCUT2D eigenvalue weighted by Gasteiger charge is -2.30. The third-order valence-electron chi connectivity index (χ3n) is 3.24. The van der Waals surface area contributed by atoms with Crippen LogP contribution in [0.5, 0.6) is 0 Å². The molecule has 1 aromatic rings. The second-order valence-electron chi connectivity index (χ2n) is 4.36. The molecule has 94 valence electrons. The van der Waals surface area contributed by atoms with Crippen LogP contribution in [-0.4, -0.2) is 24.7 Å². The Balaban J connectivity index is 2.18. The smallest absolute Gasteiger partial charge is 0.146 e. The van der Waals surface area contributed by atoms with Gasteiger partial charge in [0.15, 0.2) is 0 Å². The molecule has 1 fully saturated rings. The van der Waals surface area contributed by atoms with Crippen molar-refractivity contribution in [1.82, 2.24) is 10.3 Å². The number of rotatable bonds is 4. The van der Waals surface area contributed by atoms with Gasteiger partial charge in [-0.15, -0.1) is 0 Å². The van der Waals surface area contributed by atoms with E-state index in [2.05, 4.69) is 10.3 Å². The summed E-state index contributed by atoms with van der Waals surface area (Å²) < 4.78 is 19.1. The van der Waals surface area contributed by atoms with Gasteiger partial charge in [-0.05, 0) is 37.4 Å². The molecule has 0 amide bonds. The van der Waals surface area contributed by atoms with Crippen LogP contribution in [0.2, 0.25) is 0 Å². The molecule has 1 atom stereocenters. The van der Waals surface area contributed by atoms with E-state index in [1.807, 2.05) is 6.92 Å². The highest BCUT2D eigenvalue weighted by atomic mass is 19.1. The molecule has 1 aliphatic rings. The van der Waals surface area contributed by atoms with E-state index in [1.54, 1.807) is 12.3 Å². The Morgan fingerprint density at radius 2 is 2.29 bits per heavy atom. The Hall–Kier alpha value is -1.00. The van der Waals surface area contributed by atoms with E-state index in [0.29, 0.717) is 11.6 Å². The maximum absolute atomic E-state index is 13.8. The molecule has 4 heteroatoms. The molecule has 17 heavy (non-hydrogen) atoms. The number of halogens is 1. The van der Waals surface area contributed by atoms with Crippen LogP contribution in [-0.2, 0) is 4.74 Å². The largest absolute Gasteiger partial charge is 0.381 e. The van der Waals surface area contributed by atoms with E-state index in [4.69, 9.17) is 4.74 Å². The van der Waals surface area contributed by atoms with Crippen molar-refractivity contribution in [2.45, 2.75) is 25.8 Å². The molecule has 1 N–H and O–H groups in total. The topological polar surface area (TPSA) is 34.2 Å². The van der Waals surface area contributed by atoms with Crippen LogP contribution in [0, 0.1) is 11.7 Å². The lowest BCUT2D eigenvalue weighted by Crippen LogP contribution is -2.33. The maximum atomic E-state index is 13.8. The predicted molar refractivity (Wildman–Crippen MR) is 64.2 cm³/mol. The van der Waals surface area contributed by atoms with Crippen molar-refractivity contribution < 1.29 is 9.13 Å². The molecule has 1 unspecified atom stereocenters. The third-order valence-corrected chi connectivity index (χ3v) is 3.24. The first-order valence-electron chi connectivity index (χ1n) is 6.24. The van der Waals surface area contributed by atoms with Crippen LogP contribution in [0.1, 0.15) is 31.5 Å². The summed E-state index contributed by atoms with van der Waals surface area (Å²) in [5, 5.41) is 3.35. The number of nitrogens with one attached hydrogen (secondary N) is 1. The summed E-state index contributed by atoms with van der Waals surface area (Å²) in [6.07, 6.45) is 3.59. The number of hydrogen-bond donors (Lipinski definition) is 1. The molecule has 1 aliphatic heterocycles. The van der Waals surface area contributed by atoms with Gasteiger partial charge in [0.2, 0.25) is 0 Å². The summed E-state index contributed by atoms with van der Waals surface area (Å²) in [6, 6.07) is 3.11. The molecule has 1 saturated heterocycles. The summed E-state index contributed by atoms with van der Waals surface area (Å²) >= 11 is 0. The second-order valence-corrected chi connectivity index (χ2v) is 4.36. The van der Waals surface area contributed by atoms with Crippen molar-refractivity contribution in [1.29, 1.82) is 0 Å². The van der Waals surface area contributed by atoms with Gasteiger partial charge in [0.1, 0.15) is 5.82 Å². The number of aromatic nitrogens is 1. The first kappa shape index (κ1) is 12.5. The molecular weight excluding hydrogens is 219 g/mol. The van der Waals surface area contributed by atoms with Gasteiger partial charge in [0.25, 0.3) is 0 Å². The van der Waals surface area contributed by atoms with E-state index >= 15 is 0 Å². The van der Waals surface area contributed by atoms with Crippen LogP contribution in [0.3, 0.4) is 0 Å². The zero-order chi connectivity index (χ0) is 12.1. The lowest BCUT2D eigenvalue weighted by molar-refractivity contribution is 0.0527. The van der Waals surface area contributed by atoms with E-state index in [1.165, 1.54) is 6.07 Å². The molecule has 3 nitrogen and oxygen atoms in total. The molecule has 0 bridgehead atoms. The van der Waals surface area contributed by atoms with Gasteiger partial charge in [0.05, 0.1) is 11.7 Å². The van der Waals surface area contributed by atoms with Crippen molar-refractivity contribution in [3.8, 4) is 0 Å². The fraction of sp³-hybridized carbons (Fsp3) is 0.615. The average molecular weight is 238 g/mol. The highest BCUT2D eigenvalue weighted by molar-refractivity contribution is 5.13. The van der Waals surface area contributed by atoms with E-state index in [9.17, 15) is 4.39 Å². The van der Waals surface area contributed by atoms with Crippen LogP contribution in [0.4, 0.5) is 4.39 Å². The lowest BCUT2D eigenvalue weighted by atomic mass is 9.89. The van der Waals surface area contributed by atoms with Crippen molar-refractivity contribution in [2.75, 3.05) is 19.8 Å². The quantitative estimate of drug-likeness (QED) is 0.874. The Kier molecular flexibility index (Phi) is 4.45. The van der Waals surface area contributed by atoms with Crippen molar-refractivity contribution >= 4 is 0 Å². The molecular formula is C13H19FN2O. The summed E-state index contributed by atoms with van der Waals surface area (Å²) in [6.45, 7) is 4.38. The average Bonchev–Trinajstić information content (AvgIpc) is 2.38. The zero-order valence-corrected chi connectivity index (χ0v) is 10.2. The SMILES string of the molecule is CCNC(c1ncccc1F)C1CCOCC1. The molecule has 0 aromatic carbocycles. The minimum absolute atomic E-state index is 0.00472. The van der Waals surface area contributed by atoms with Crippen LogP contribution >= 0.6 is 0 Å². The Labute approximate surface area is 101 Å². The third kappa shape index (κ3) is 3.01. The van der Waals surface area contributed by atoms with Crippen LogP contribution in [0.15, 0.2) is 18.3 Å². The number of ether oxygens (including phenoxy) is 1. The molecule has 0 spiro atoms.